The molecule has 0 aliphatic carbocycles. The molecule has 1 aliphatic heterocycles. The van der Waals surface area contributed by atoms with Crippen molar-refractivity contribution in [2.45, 2.75) is 58.5 Å². The van der Waals surface area contributed by atoms with E-state index in [0.29, 0.717) is 18.4 Å². The van der Waals surface area contributed by atoms with Crippen molar-refractivity contribution in [3.8, 4) is 11.6 Å². The summed E-state index contributed by atoms with van der Waals surface area (Å²) in [7, 11) is 0. The molecule has 1 aromatic heterocycles. The maximum atomic E-state index is 10.0. The molecular formula is C23H31NO3. The zero-order valence-corrected chi connectivity index (χ0v) is 16.5. The van der Waals surface area contributed by atoms with Crippen LogP contribution >= 0.6 is 0 Å². The van der Waals surface area contributed by atoms with Crippen LogP contribution in [0.25, 0.3) is 0 Å². The van der Waals surface area contributed by atoms with Crippen molar-refractivity contribution in [2.75, 3.05) is 13.2 Å². The third-order valence-electron chi connectivity index (χ3n) is 5.12. The van der Waals surface area contributed by atoms with Crippen molar-refractivity contribution < 1.29 is 14.6 Å². The molecule has 0 bridgehead atoms. The summed E-state index contributed by atoms with van der Waals surface area (Å²) in [6, 6.07) is 12.1. The van der Waals surface area contributed by atoms with Gasteiger partial charge in [-0.15, -0.1) is 0 Å². The number of aromatic hydroxyl groups is 1. The van der Waals surface area contributed by atoms with Crippen molar-refractivity contribution in [3.05, 3.63) is 53.2 Å². The molecule has 4 heteroatoms. The van der Waals surface area contributed by atoms with Crippen LogP contribution in [0.1, 0.15) is 49.9 Å². The van der Waals surface area contributed by atoms with Crippen LogP contribution < -0.4 is 4.74 Å². The van der Waals surface area contributed by atoms with Crippen LogP contribution in [-0.4, -0.2) is 29.4 Å². The third kappa shape index (κ3) is 6.24. The Labute approximate surface area is 162 Å². The number of pyridine rings is 1. The predicted molar refractivity (Wildman–Crippen MR) is 107 cm³/mol. The number of ether oxygens (including phenoxy) is 2. The molecule has 1 aliphatic rings. The van der Waals surface area contributed by atoms with Crippen molar-refractivity contribution in [3.63, 3.8) is 0 Å². The average Bonchev–Trinajstić information content (AvgIpc) is 2.66. The van der Waals surface area contributed by atoms with E-state index in [1.165, 1.54) is 17.5 Å². The monoisotopic (exact) mass is 369 g/mol. The molecule has 2 aromatic rings. The quantitative estimate of drug-likeness (QED) is 0.731. The Morgan fingerprint density at radius 1 is 1.11 bits per heavy atom. The van der Waals surface area contributed by atoms with Gasteiger partial charge in [0.1, 0.15) is 12.4 Å². The van der Waals surface area contributed by atoms with Crippen LogP contribution in [0.3, 0.4) is 0 Å². The standard InChI is InChI=1S/C23H31NO3/c1-3-4-18-5-7-19(8-6-18)9-10-20-14-21(25)15-23(24-20)27-16-22-13-17(2)11-12-26-22/h5-8,14-15,17,22H,3-4,9-13,16H2,1-2H3,(H,24,25). The highest BCUT2D eigenvalue weighted by atomic mass is 16.5. The molecule has 146 valence electrons. The van der Waals surface area contributed by atoms with Crippen molar-refractivity contribution in [1.29, 1.82) is 0 Å². The van der Waals surface area contributed by atoms with E-state index in [4.69, 9.17) is 9.47 Å². The van der Waals surface area contributed by atoms with E-state index in [1.807, 2.05) is 0 Å². The molecule has 0 radical (unpaired) electrons. The molecule has 3 rings (SSSR count). The minimum absolute atomic E-state index is 0.114. The van der Waals surface area contributed by atoms with Crippen LogP contribution in [-0.2, 0) is 24.0 Å². The highest BCUT2D eigenvalue weighted by Gasteiger charge is 2.20. The molecular weight excluding hydrogens is 338 g/mol. The van der Waals surface area contributed by atoms with Crippen LogP contribution in [0, 0.1) is 5.92 Å². The highest BCUT2D eigenvalue weighted by molar-refractivity contribution is 5.30. The van der Waals surface area contributed by atoms with E-state index in [2.05, 4.69) is 43.1 Å². The minimum Gasteiger partial charge on any atom is -0.508 e. The first-order valence-electron chi connectivity index (χ1n) is 10.1. The number of nitrogens with zero attached hydrogens (tertiary/aromatic N) is 1. The topological polar surface area (TPSA) is 51.6 Å². The van der Waals surface area contributed by atoms with Crippen LogP contribution in [0.4, 0.5) is 0 Å². The Hall–Kier alpha value is -2.07. The van der Waals surface area contributed by atoms with Gasteiger partial charge in [0.05, 0.1) is 6.10 Å². The molecule has 0 saturated carbocycles. The van der Waals surface area contributed by atoms with Crippen LogP contribution in [0.5, 0.6) is 11.6 Å². The van der Waals surface area contributed by atoms with Gasteiger partial charge in [0, 0.05) is 24.4 Å². The Balaban J connectivity index is 1.54. The second-order valence-corrected chi connectivity index (χ2v) is 7.65. The van der Waals surface area contributed by atoms with Gasteiger partial charge in [0.2, 0.25) is 5.88 Å². The zero-order chi connectivity index (χ0) is 19.1. The molecule has 1 N–H and O–H groups in total. The van der Waals surface area contributed by atoms with Gasteiger partial charge in [0.15, 0.2) is 0 Å². The van der Waals surface area contributed by atoms with Crippen LogP contribution in [0.2, 0.25) is 0 Å². The van der Waals surface area contributed by atoms with E-state index >= 15 is 0 Å². The smallest absolute Gasteiger partial charge is 0.217 e. The first-order valence-corrected chi connectivity index (χ1v) is 10.1. The van der Waals surface area contributed by atoms with Gasteiger partial charge in [-0.3, -0.25) is 0 Å². The molecule has 2 heterocycles. The number of aromatic nitrogens is 1. The van der Waals surface area contributed by atoms with E-state index in [0.717, 1.165) is 44.4 Å². The van der Waals surface area contributed by atoms with Gasteiger partial charge in [-0.25, -0.2) is 4.98 Å². The predicted octanol–water partition coefficient (Wildman–Crippen LogP) is 4.72. The summed E-state index contributed by atoms with van der Waals surface area (Å²) in [4.78, 5) is 4.56. The fourth-order valence-electron chi connectivity index (χ4n) is 3.55. The number of hydrogen-bond acceptors (Lipinski definition) is 4. The van der Waals surface area contributed by atoms with Gasteiger partial charge in [0.25, 0.3) is 0 Å². The van der Waals surface area contributed by atoms with Crippen molar-refractivity contribution in [2.24, 2.45) is 5.92 Å². The maximum absolute atomic E-state index is 10.0. The molecule has 0 amide bonds. The maximum Gasteiger partial charge on any atom is 0.217 e. The van der Waals surface area contributed by atoms with Gasteiger partial charge in [-0.2, -0.15) is 0 Å². The van der Waals surface area contributed by atoms with Crippen LogP contribution in [0.15, 0.2) is 36.4 Å². The summed E-state index contributed by atoms with van der Waals surface area (Å²) in [5.74, 6) is 1.35. The van der Waals surface area contributed by atoms with E-state index in [9.17, 15) is 5.11 Å². The summed E-state index contributed by atoms with van der Waals surface area (Å²) < 4.78 is 11.6. The largest absolute Gasteiger partial charge is 0.508 e. The summed E-state index contributed by atoms with van der Waals surface area (Å²) in [6.07, 6.45) is 6.20. The Bertz CT molecular complexity index is 714. The van der Waals surface area contributed by atoms with E-state index < -0.39 is 0 Å². The fraction of sp³-hybridized carbons (Fsp3) is 0.522. The molecule has 0 spiro atoms. The number of rotatable bonds is 8. The lowest BCUT2D eigenvalue weighted by molar-refractivity contribution is -0.0296. The first-order chi connectivity index (χ1) is 13.1. The minimum atomic E-state index is 0.114. The van der Waals surface area contributed by atoms with Crippen molar-refractivity contribution in [1.82, 2.24) is 4.98 Å². The number of aryl methyl sites for hydroxylation is 3. The number of benzene rings is 1. The van der Waals surface area contributed by atoms with Gasteiger partial charge >= 0.3 is 0 Å². The second kappa shape index (κ2) is 9.75. The summed E-state index contributed by atoms with van der Waals surface area (Å²) in [5, 5.41) is 10.0. The third-order valence-corrected chi connectivity index (χ3v) is 5.12. The Morgan fingerprint density at radius 3 is 2.56 bits per heavy atom. The lowest BCUT2D eigenvalue weighted by Crippen LogP contribution is -2.29. The van der Waals surface area contributed by atoms with Gasteiger partial charge in [-0.05, 0) is 49.1 Å². The second-order valence-electron chi connectivity index (χ2n) is 7.65. The fourth-order valence-corrected chi connectivity index (χ4v) is 3.55. The SMILES string of the molecule is CCCc1ccc(CCc2cc(O)cc(OCC3CC(C)CCO3)n2)cc1. The Kier molecular flexibility index (Phi) is 7.11. The lowest BCUT2D eigenvalue weighted by atomic mass is 9.98. The molecule has 27 heavy (non-hydrogen) atoms. The summed E-state index contributed by atoms with van der Waals surface area (Å²) >= 11 is 0. The summed E-state index contributed by atoms with van der Waals surface area (Å²) in [6.45, 7) is 5.72. The molecule has 1 fully saturated rings. The lowest BCUT2D eigenvalue weighted by Gasteiger charge is -2.27. The number of hydrogen-bond donors (Lipinski definition) is 1. The molecule has 1 saturated heterocycles. The van der Waals surface area contributed by atoms with E-state index in [-0.39, 0.29) is 11.9 Å². The van der Waals surface area contributed by atoms with Gasteiger partial charge < -0.3 is 14.6 Å². The normalized spacial score (nSPS) is 19.8. The average molecular weight is 370 g/mol. The molecule has 2 atom stereocenters. The summed E-state index contributed by atoms with van der Waals surface area (Å²) in [5.41, 5.74) is 3.51. The highest BCUT2D eigenvalue weighted by Crippen LogP contribution is 2.23. The van der Waals surface area contributed by atoms with Gasteiger partial charge in [-0.1, -0.05) is 44.5 Å². The molecule has 4 nitrogen and oxygen atoms in total. The van der Waals surface area contributed by atoms with Crippen molar-refractivity contribution >= 4 is 0 Å². The first kappa shape index (κ1) is 19.7. The molecule has 2 unspecified atom stereocenters. The van der Waals surface area contributed by atoms with E-state index in [1.54, 1.807) is 12.1 Å². The zero-order valence-electron chi connectivity index (χ0n) is 16.5. The molecule has 1 aromatic carbocycles. The Morgan fingerprint density at radius 2 is 1.85 bits per heavy atom.